The first-order valence-corrected chi connectivity index (χ1v) is 13.2. The van der Waals surface area contributed by atoms with Crippen LogP contribution in [0.3, 0.4) is 0 Å². The quantitative estimate of drug-likeness (QED) is 0.357. The highest BCUT2D eigenvalue weighted by Gasteiger charge is 2.34. The van der Waals surface area contributed by atoms with Crippen molar-refractivity contribution in [2.45, 2.75) is 37.5 Å². The lowest BCUT2D eigenvalue weighted by Crippen LogP contribution is -2.40. The molecule has 0 bridgehead atoms. The molecule has 4 heterocycles. The van der Waals surface area contributed by atoms with Crippen LogP contribution in [0.25, 0.3) is 0 Å². The smallest absolute Gasteiger partial charge is 0.435 e. The van der Waals surface area contributed by atoms with Crippen LogP contribution in [0.2, 0.25) is 10.0 Å². The third-order valence-corrected chi connectivity index (χ3v) is 7.82. The fourth-order valence-electron chi connectivity index (χ4n) is 4.22. The summed E-state index contributed by atoms with van der Waals surface area (Å²) < 4.78 is 43.5. The summed E-state index contributed by atoms with van der Waals surface area (Å²) in [5.74, 6) is -0.503. The molecule has 14 heteroatoms. The summed E-state index contributed by atoms with van der Waals surface area (Å²) in [6.45, 7) is 0.546. The number of halogens is 5. The molecule has 1 aromatic carbocycles. The lowest BCUT2D eigenvalue weighted by Gasteiger charge is -2.31. The van der Waals surface area contributed by atoms with Gasteiger partial charge >= 0.3 is 6.18 Å². The summed E-state index contributed by atoms with van der Waals surface area (Å²) in [6.07, 6.45) is -1.41. The summed E-state index contributed by atoms with van der Waals surface area (Å²) in [5.41, 5.74) is 1.08. The van der Waals surface area contributed by atoms with E-state index < -0.39 is 18.5 Å². The number of amides is 1. The Labute approximate surface area is 229 Å². The molecule has 1 fully saturated rings. The van der Waals surface area contributed by atoms with Crippen molar-refractivity contribution in [1.82, 2.24) is 19.9 Å². The van der Waals surface area contributed by atoms with Gasteiger partial charge in [0.05, 0.1) is 23.1 Å². The molecule has 8 nitrogen and oxygen atoms in total. The number of hydrogen-bond acceptors (Lipinski definition) is 8. The van der Waals surface area contributed by atoms with Crippen LogP contribution >= 0.6 is 34.5 Å². The van der Waals surface area contributed by atoms with Gasteiger partial charge in [0, 0.05) is 46.4 Å². The molecule has 38 heavy (non-hydrogen) atoms. The van der Waals surface area contributed by atoms with Crippen LogP contribution in [0.1, 0.15) is 53.2 Å². The van der Waals surface area contributed by atoms with E-state index in [9.17, 15) is 18.0 Å². The zero-order valence-corrected chi connectivity index (χ0v) is 21.9. The van der Waals surface area contributed by atoms with Crippen molar-refractivity contribution in [3.05, 3.63) is 68.0 Å². The number of oxime groups is 1. The van der Waals surface area contributed by atoms with Gasteiger partial charge in [-0.05, 0) is 31.0 Å². The highest BCUT2D eigenvalue weighted by Crippen LogP contribution is 2.37. The number of benzene rings is 1. The second-order valence-corrected chi connectivity index (χ2v) is 10.5. The number of carbonyl (C=O) groups is 1. The van der Waals surface area contributed by atoms with E-state index in [1.807, 2.05) is 5.38 Å². The number of ether oxygens (including phenoxy) is 1. The minimum Gasteiger partial charge on any atom is -0.466 e. The Balaban J connectivity index is 1.12. The first kappa shape index (κ1) is 26.6. The predicted molar refractivity (Wildman–Crippen MR) is 135 cm³/mol. The molecule has 0 radical (unpaired) electrons. The number of aromatic nitrogens is 3. The number of likely N-dealkylation sites (tertiary alicyclic amines) is 1. The van der Waals surface area contributed by atoms with E-state index in [2.05, 4.69) is 15.1 Å². The standard InChI is InChI=1S/C24H20Cl2F3N5O3S/c25-14-1-2-16(26)15(7-14)19-8-17(33-37-19)18-12-38-23(31-18)13-3-5-34(6-4-13)22(35)11-36-21-10-30-9-20(32-21)24(27,28)29/h1-2,7,9-10,12-13,19H,3-6,8,11H2. The molecule has 0 aliphatic carbocycles. The van der Waals surface area contributed by atoms with Crippen molar-refractivity contribution in [3.8, 4) is 5.88 Å². The van der Waals surface area contributed by atoms with Crippen LogP contribution in [0.4, 0.5) is 13.2 Å². The zero-order chi connectivity index (χ0) is 26.9. The van der Waals surface area contributed by atoms with Gasteiger partial charge in [0.25, 0.3) is 5.91 Å². The Hall–Kier alpha value is -2.96. The maximum atomic E-state index is 12.8. The molecular weight excluding hydrogens is 566 g/mol. The normalized spacial score (nSPS) is 18.3. The van der Waals surface area contributed by atoms with Crippen molar-refractivity contribution < 1.29 is 27.5 Å². The monoisotopic (exact) mass is 585 g/mol. The van der Waals surface area contributed by atoms with Crippen molar-refractivity contribution >= 4 is 46.2 Å². The van der Waals surface area contributed by atoms with E-state index in [-0.39, 0.29) is 23.8 Å². The highest BCUT2D eigenvalue weighted by atomic mass is 35.5. The Morgan fingerprint density at radius 1 is 1.18 bits per heavy atom. The van der Waals surface area contributed by atoms with Gasteiger partial charge in [-0.2, -0.15) is 13.2 Å². The molecule has 3 aromatic rings. The third kappa shape index (κ3) is 6.02. The Morgan fingerprint density at radius 3 is 2.74 bits per heavy atom. The molecule has 2 aromatic heterocycles. The van der Waals surface area contributed by atoms with Gasteiger partial charge in [-0.25, -0.2) is 9.97 Å². The van der Waals surface area contributed by atoms with Gasteiger partial charge < -0.3 is 14.5 Å². The summed E-state index contributed by atoms with van der Waals surface area (Å²) in [4.78, 5) is 31.4. The van der Waals surface area contributed by atoms with Gasteiger partial charge in [0.1, 0.15) is 5.71 Å². The molecule has 1 unspecified atom stereocenters. The Kier molecular flexibility index (Phi) is 7.73. The molecule has 1 amide bonds. The van der Waals surface area contributed by atoms with Crippen molar-refractivity contribution in [2.24, 2.45) is 5.16 Å². The van der Waals surface area contributed by atoms with Crippen LogP contribution in [-0.4, -0.2) is 51.2 Å². The maximum Gasteiger partial charge on any atom is 0.435 e. The average molecular weight is 586 g/mol. The summed E-state index contributed by atoms with van der Waals surface area (Å²) >= 11 is 13.9. The SMILES string of the molecule is O=C(COc1cncc(C(F)(F)F)n1)N1CCC(c2nc(C3=NOC(c4cc(Cl)ccc4Cl)C3)cs2)CC1. The second-order valence-electron chi connectivity index (χ2n) is 8.76. The number of rotatable bonds is 6. The second kappa shape index (κ2) is 11.0. The van der Waals surface area contributed by atoms with Crippen molar-refractivity contribution in [1.29, 1.82) is 0 Å². The third-order valence-electron chi connectivity index (χ3n) is 6.23. The van der Waals surface area contributed by atoms with Crippen molar-refractivity contribution in [2.75, 3.05) is 19.7 Å². The Bertz CT molecular complexity index is 1360. The van der Waals surface area contributed by atoms with E-state index in [0.717, 1.165) is 28.2 Å². The van der Waals surface area contributed by atoms with Gasteiger partial charge in [0.2, 0.25) is 5.88 Å². The zero-order valence-electron chi connectivity index (χ0n) is 19.6. The minimum atomic E-state index is -4.64. The molecular formula is C24H20Cl2F3N5O3S. The molecule has 2 aliphatic heterocycles. The van der Waals surface area contributed by atoms with Crippen LogP contribution < -0.4 is 4.74 Å². The average Bonchev–Trinajstić information content (AvgIpc) is 3.59. The number of hydrogen-bond donors (Lipinski definition) is 0. The molecule has 0 spiro atoms. The molecule has 2 aliphatic rings. The molecule has 5 rings (SSSR count). The summed E-state index contributed by atoms with van der Waals surface area (Å²) in [6, 6.07) is 5.21. The predicted octanol–water partition coefficient (Wildman–Crippen LogP) is 5.91. The fraction of sp³-hybridized carbons (Fsp3) is 0.375. The molecule has 0 N–H and O–H groups in total. The van der Waals surface area contributed by atoms with E-state index in [4.69, 9.17) is 37.8 Å². The largest absolute Gasteiger partial charge is 0.466 e. The first-order valence-electron chi connectivity index (χ1n) is 11.6. The van der Waals surface area contributed by atoms with E-state index >= 15 is 0 Å². The number of piperidine rings is 1. The van der Waals surface area contributed by atoms with Crippen LogP contribution in [0, 0.1) is 0 Å². The van der Waals surface area contributed by atoms with Crippen LogP contribution in [0.5, 0.6) is 5.88 Å². The van der Waals surface area contributed by atoms with Gasteiger partial charge in [-0.1, -0.05) is 28.4 Å². The number of carbonyl (C=O) groups excluding carboxylic acids is 1. The molecule has 1 atom stereocenters. The minimum absolute atomic E-state index is 0.175. The Morgan fingerprint density at radius 2 is 1.97 bits per heavy atom. The topological polar surface area (TPSA) is 89.8 Å². The molecule has 0 saturated carbocycles. The molecule has 200 valence electrons. The lowest BCUT2D eigenvalue weighted by atomic mass is 9.97. The first-order chi connectivity index (χ1) is 18.2. The van der Waals surface area contributed by atoms with E-state index in [0.29, 0.717) is 48.6 Å². The van der Waals surface area contributed by atoms with Crippen molar-refractivity contribution in [3.63, 3.8) is 0 Å². The van der Waals surface area contributed by atoms with E-state index in [1.54, 1.807) is 23.1 Å². The lowest BCUT2D eigenvalue weighted by molar-refractivity contribution is -0.141. The molecule has 1 saturated heterocycles. The van der Waals surface area contributed by atoms with E-state index in [1.165, 1.54) is 11.3 Å². The number of alkyl halides is 3. The van der Waals surface area contributed by atoms with Gasteiger partial charge in [-0.3, -0.25) is 9.78 Å². The van der Waals surface area contributed by atoms with Crippen LogP contribution in [-0.2, 0) is 15.8 Å². The summed E-state index contributed by atoms with van der Waals surface area (Å²) in [7, 11) is 0. The maximum absolute atomic E-state index is 12.8. The highest BCUT2D eigenvalue weighted by molar-refractivity contribution is 7.10. The summed E-state index contributed by atoms with van der Waals surface area (Å²) in [5, 5.41) is 8.24. The number of nitrogens with zero attached hydrogens (tertiary/aromatic N) is 5. The number of thiazole rings is 1. The van der Waals surface area contributed by atoms with Crippen LogP contribution in [0.15, 0.2) is 41.1 Å². The van der Waals surface area contributed by atoms with Gasteiger partial charge in [-0.15, -0.1) is 11.3 Å². The fourth-order valence-corrected chi connectivity index (χ4v) is 5.64. The van der Waals surface area contributed by atoms with Gasteiger partial charge in [0.15, 0.2) is 18.4 Å².